The van der Waals surface area contributed by atoms with Crippen molar-refractivity contribution in [2.24, 2.45) is 0 Å². The molecule has 0 aliphatic carbocycles. The Balaban J connectivity index is 1.77. The van der Waals surface area contributed by atoms with Gasteiger partial charge in [0.15, 0.2) is 5.78 Å². The van der Waals surface area contributed by atoms with Crippen molar-refractivity contribution in [3.05, 3.63) is 29.8 Å². The van der Waals surface area contributed by atoms with E-state index in [1.54, 1.807) is 0 Å². The highest BCUT2D eigenvalue weighted by Crippen LogP contribution is 2.46. The van der Waals surface area contributed by atoms with Gasteiger partial charge >= 0.3 is 0 Å². The Morgan fingerprint density at radius 3 is 2.94 bits per heavy atom. The van der Waals surface area contributed by atoms with Gasteiger partial charge in [0.25, 0.3) is 0 Å². The number of rotatable bonds is 0. The maximum absolute atomic E-state index is 12.2. The van der Waals surface area contributed by atoms with E-state index >= 15 is 0 Å². The monoisotopic (exact) mass is 229 g/mol. The fourth-order valence-corrected chi connectivity index (χ4v) is 3.67. The van der Waals surface area contributed by atoms with Crippen LogP contribution < -0.4 is 10.1 Å². The zero-order chi connectivity index (χ0) is 11.5. The third-order valence-corrected chi connectivity index (χ3v) is 4.43. The van der Waals surface area contributed by atoms with Gasteiger partial charge in [0.2, 0.25) is 0 Å². The van der Waals surface area contributed by atoms with Crippen LogP contribution in [0, 0.1) is 0 Å². The third-order valence-electron chi connectivity index (χ3n) is 4.43. The average molecular weight is 229 g/mol. The molecule has 0 radical (unpaired) electrons. The number of para-hydroxylation sites is 1. The second-order valence-corrected chi connectivity index (χ2v) is 5.46. The molecule has 3 aliphatic heterocycles. The second kappa shape index (κ2) is 3.10. The van der Waals surface area contributed by atoms with Crippen molar-refractivity contribution in [3.8, 4) is 5.75 Å². The summed E-state index contributed by atoms with van der Waals surface area (Å²) < 4.78 is 6.20. The number of hydrogen-bond donors (Lipinski definition) is 1. The minimum Gasteiger partial charge on any atom is -0.484 e. The molecule has 4 rings (SSSR count). The van der Waals surface area contributed by atoms with Crippen LogP contribution in [0.5, 0.6) is 5.75 Å². The van der Waals surface area contributed by atoms with Crippen molar-refractivity contribution < 1.29 is 9.53 Å². The molecule has 1 aromatic carbocycles. The van der Waals surface area contributed by atoms with Crippen LogP contribution in [0.15, 0.2) is 24.3 Å². The molecule has 1 aromatic rings. The summed E-state index contributed by atoms with van der Waals surface area (Å²) in [6.45, 7) is 0. The summed E-state index contributed by atoms with van der Waals surface area (Å²) in [6.07, 6.45) is 3.89. The molecule has 88 valence electrons. The molecule has 3 heteroatoms. The van der Waals surface area contributed by atoms with E-state index in [0.717, 1.165) is 24.2 Å². The molecule has 0 saturated carbocycles. The third kappa shape index (κ3) is 1.23. The van der Waals surface area contributed by atoms with Crippen LogP contribution in [0.3, 0.4) is 0 Å². The molecule has 2 fully saturated rings. The van der Waals surface area contributed by atoms with E-state index in [0.29, 0.717) is 18.5 Å². The number of Topliss-reactive ketones (excluding diaryl/α,β-unsaturated/α-hetero) is 1. The normalized spacial score (nSPS) is 38.2. The fourth-order valence-electron chi connectivity index (χ4n) is 3.67. The summed E-state index contributed by atoms with van der Waals surface area (Å²) in [7, 11) is 0. The first-order chi connectivity index (χ1) is 8.27. The van der Waals surface area contributed by atoms with Gasteiger partial charge in [-0.15, -0.1) is 0 Å². The van der Waals surface area contributed by atoms with Crippen LogP contribution in [0.1, 0.15) is 36.0 Å². The van der Waals surface area contributed by atoms with E-state index < -0.39 is 0 Å². The predicted molar refractivity (Wildman–Crippen MR) is 63.3 cm³/mol. The van der Waals surface area contributed by atoms with E-state index in [9.17, 15) is 4.79 Å². The predicted octanol–water partition coefficient (Wildman–Crippen LogP) is 1.91. The lowest BCUT2D eigenvalue weighted by molar-refractivity contribution is 0.0232. The van der Waals surface area contributed by atoms with Crippen molar-refractivity contribution >= 4 is 5.78 Å². The van der Waals surface area contributed by atoms with E-state index in [4.69, 9.17) is 4.74 Å². The quantitative estimate of drug-likeness (QED) is 0.738. The van der Waals surface area contributed by atoms with Crippen molar-refractivity contribution in [1.82, 2.24) is 5.32 Å². The van der Waals surface area contributed by atoms with Crippen LogP contribution in [0.25, 0.3) is 0 Å². The number of carbonyl (C=O) groups excluding carboxylic acids is 1. The number of hydrogen-bond acceptors (Lipinski definition) is 3. The highest BCUT2D eigenvalue weighted by molar-refractivity contribution is 6.00. The Morgan fingerprint density at radius 2 is 2.18 bits per heavy atom. The minimum atomic E-state index is -0.256. The molecule has 1 N–H and O–H groups in total. The van der Waals surface area contributed by atoms with Gasteiger partial charge in [0, 0.05) is 18.5 Å². The Labute approximate surface area is 100 Å². The standard InChI is InChI=1S/C14H15NO2/c16-11-8-14(7-9-5-6-13(14)15-9)17-12-4-2-1-3-10(11)12/h1-4,9,13,15H,5-8H2/t9-,13-,14+/m1/s1. The van der Waals surface area contributed by atoms with Gasteiger partial charge < -0.3 is 10.1 Å². The maximum Gasteiger partial charge on any atom is 0.170 e. The number of ether oxygens (including phenoxy) is 1. The highest BCUT2D eigenvalue weighted by Gasteiger charge is 2.55. The van der Waals surface area contributed by atoms with Crippen LogP contribution in [-0.2, 0) is 0 Å². The molecule has 2 saturated heterocycles. The Morgan fingerprint density at radius 1 is 1.29 bits per heavy atom. The lowest BCUT2D eigenvalue weighted by atomic mass is 9.78. The molecule has 3 atom stereocenters. The first-order valence-corrected chi connectivity index (χ1v) is 6.34. The zero-order valence-electron chi connectivity index (χ0n) is 9.61. The van der Waals surface area contributed by atoms with Gasteiger partial charge in [-0.05, 0) is 25.0 Å². The summed E-state index contributed by atoms with van der Waals surface area (Å²) in [5.74, 6) is 1.01. The highest BCUT2D eigenvalue weighted by atomic mass is 16.5. The average Bonchev–Trinajstić information content (AvgIpc) is 2.89. The van der Waals surface area contributed by atoms with E-state index in [2.05, 4.69) is 5.32 Å². The lowest BCUT2D eigenvalue weighted by Crippen LogP contribution is -2.51. The number of carbonyl (C=O) groups is 1. The summed E-state index contributed by atoms with van der Waals surface area (Å²) in [5.41, 5.74) is 0.495. The number of ketones is 1. The minimum absolute atomic E-state index is 0.237. The molecular weight excluding hydrogens is 214 g/mol. The molecule has 0 amide bonds. The molecule has 0 aromatic heterocycles. The lowest BCUT2D eigenvalue weighted by Gasteiger charge is -2.40. The van der Waals surface area contributed by atoms with Gasteiger partial charge in [-0.3, -0.25) is 4.79 Å². The summed E-state index contributed by atoms with van der Waals surface area (Å²) in [6, 6.07) is 8.54. The van der Waals surface area contributed by atoms with Crippen LogP contribution in [0.2, 0.25) is 0 Å². The fraction of sp³-hybridized carbons (Fsp3) is 0.500. The van der Waals surface area contributed by atoms with E-state index in [1.165, 1.54) is 6.42 Å². The van der Waals surface area contributed by atoms with Gasteiger partial charge in [0.05, 0.1) is 12.0 Å². The molecule has 1 spiro atoms. The van der Waals surface area contributed by atoms with Crippen molar-refractivity contribution in [2.75, 3.05) is 0 Å². The summed E-state index contributed by atoms with van der Waals surface area (Å²) in [5, 5.41) is 3.56. The van der Waals surface area contributed by atoms with Gasteiger partial charge in [-0.2, -0.15) is 0 Å². The maximum atomic E-state index is 12.2. The van der Waals surface area contributed by atoms with Gasteiger partial charge in [-0.25, -0.2) is 0 Å². The molecule has 3 aliphatic rings. The van der Waals surface area contributed by atoms with Crippen LogP contribution in [0.4, 0.5) is 0 Å². The zero-order valence-corrected chi connectivity index (χ0v) is 9.61. The Kier molecular flexibility index (Phi) is 1.76. The first-order valence-electron chi connectivity index (χ1n) is 6.34. The number of nitrogens with one attached hydrogen (secondary N) is 1. The van der Waals surface area contributed by atoms with Crippen LogP contribution >= 0.6 is 0 Å². The molecular formula is C14H15NO2. The Hall–Kier alpha value is -1.35. The van der Waals surface area contributed by atoms with E-state index in [1.807, 2.05) is 24.3 Å². The molecule has 17 heavy (non-hydrogen) atoms. The SMILES string of the molecule is O=C1C[C@]2(C[C@H]3CC[C@H]2N3)Oc2ccccc21. The first kappa shape index (κ1) is 9.66. The Bertz CT molecular complexity index is 499. The van der Waals surface area contributed by atoms with Crippen LogP contribution in [-0.4, -0.2) is 23.5 Å². The number of fused-ring (bicyclic) bond motifs is 4. The van der Waals surface area contributed by atoms with E-state index in [-0.39, 0.29) is 11.4 Å². The summed E-state index contributed by atoms with van der Waals surface area (Å²) >= 11 is 0. The summed E-state index contributed by atoms with van der Waals surface area (Å²) in [4.78, 5) is 12.2. The molecule has 2 bridgehead atoms. The molecule has 0 unspecified atom stereocenters. The number of benzene rings is 1. The van der Waals surface area contributed by atoms with Crippen molar-refractivity contribution in [1.29, 1.82) is 0 Å². The second-order valence-electron chi connectivity index (χ2n) is 5.46. The molecule has 3 nitrogen and oxygen atoms in total. The van der Waals surface area contributed by atoms with Crippen molar-refractivity contribution in [2.45, 2.75) is 43.4 Å². The van der Waals surface area contributed by atoms with Gasteiger partial charge in [-0.1, -0.05) is 12.1 Å². The largest absolute Gasteiger partial charge is 0.484 e. The molecule has 3 heterocycles. The smallest absolute Gasteiger partial charge is 0.170 e. The topological polar surface area (TPSA) is 38.3 Å². The van der Waals surface area contributed by atoms with Crippen molar-refractivity contribution in [3.63, 3.8) is 0 Å². The van der Waals surface area contributed by atoms with Gasteiger partial charge in [0.1, 0.15) is 11.4 Å².